The Hall–Kier alpha value is -0.710. The molecule has 2 unspecified atom stereocenters. The maximum absolute atomic E-state index is 11.9. The number of halogens is 1. The third kappa shape index (κ3) is 3.98. The summed E-state index contributed by atoms with van der Waals surface area (Å²) >= 11 is 3.64. The molecule has 122 valence electrons. The van der Waals surface area contributed by atoms with Crippen molar-refractivity contribution in [2.45, 2.75) is 58.6 Å². The maximum atomic E-state index is 11.9. The average Bonchev–Trinajstić information content (AvgIpc) is 2.79. The first-order valence-electron chi connectivity index (χ1n) is 8.18. The first kappa shape index (κ1) is 17.6. The molecule has 1 aromatic rings. The summed E-state index contributed by atoms with van der Waals surface area (Å²) < 4.78 is 1.05. The molecule has 0 aromatic heterocycles. The number of ketones is 1. The molecule has 0 aliphatic carbocycles. The number of aliphatic hydroxyl groups excluding tert-OH is 1. The van der Waals surface area contributed by atoms with Gasteiger partial charge in [-0.25, -0.2) is 0 Å². The summed E-state index contributed by atoms with van der Waals surface area (Å²) in [6, 6.07) is 4.43. The molecular formula is C18H26BrNO2. The Kier molecular flexibility index (Phi) is 6.18. The summed E-state index contributed by atoms with van der Waals surface area (Å²) in [4.78, 5) is 14.3. The highest BCUT2D eigenvalue weighted by Gasteiger charge is 2.28. The van der Waals surface area contributed by atoms with Crippen LogP contribution < -0.4 is 0 Å². The standard InChI is InChI=1S/C18H26BrNO2/c1-4-5-15-16(13(3)21)10-14(11-17(15)19)6-8-20-9-7-18(22)12(20)2/h10-12,18,22H,4-9H2,1-3H3. The van der Waals surface area contributed by atoms with E-state index in [1.807, 2.05) is 0 Å². The number of carbonyl (C=O) groups excluding carboxylic acids is 1. The molecule has 1 fully saturated rings. The highest BCUT2D eigenvalue weighted by molar-refractivity contribution is 9.10. The van der Waals surface area contributed by atoms with Gasteiger partial charge < -0.3 is 5.11 Å². The molecule has 2 rings (SSSR count). The Morgan fingerprint density at radius 3 is 2.68 bits per heavy atom. The van der Waals surface area contributed by atoms with Crippen molar-refractivity contribution >= 4 is 21.7 Å². The second kappa shape index (κ2) is 7.71. The minimum Gasteiger partial charge on any atom is -0.391 e. The van der Waals surface area contributed by atoms with Crippen LogP contribution in [0.4, 0.5) is 0 Å². The van der Waals surface area contributed by atoms with Crippen molar-refractivity contribution in [3.63, 3.8) is 0 Å². The topological polar surface area (TPSA) is 40.5 Å². The zero-order chi connectivity index (χ0) is 16.3. The Morgan fingerprint density at radius 1 is 1.41 bits per heavy atom. The Bertz CT molecular complexity index is 544. The lowest BCUT2D eigenvalue weighted by Gasteiger charge is -2.22. The van der Waals surface area contributed by atoms with Gasteiger partial charge in [0.1, 0.15) is 0 Å². The minimum absolute atomic E-state index is 0.135. The van der Waals surface area contributed by atoms with Crippen LogP contribution in [0.5, 0.6) is 0 Å². The lowest BCUT2D eigenvalue weighted by molar-refractivity contribution is 0.101. The van der Waals surface area contributed by atoms with Crippen molar-refractivity contribution in [2.75, 3.05) is 13.1 Å². The summed E-state index contributed by atoms with van der Waals surface area (Å²) in [5, 5.41) is 9.83. The number of benzene rings is 1. The summed E-state index contributed by atoms with van der Waals surface area (Å²) in [5.41, 5.74) is 3.16. The summed E-state index contributed by atoms with van der Waals surface area (Å²) in [7, 11) is 0. The Labute approximate surface area is 141 Å². The van der Waals surface area contributed by atoms with Crippen LogP contribution in [0, 0.1) is 0 Å². The fraction of sp³-hybridized carbons (Fsp3) is 0.611. The molecule has 1 saturated heterocycles. The van der Waals surface area contributed by atoms with E-state index in [9.17, 15) is 9.90 Å². The van der Waals surface area contributed by atoms with Crippen molar-refractivity contribution in [2.24, 2.45) is 0 Å². The molecule has 0 bridgehead atoms. The Balaban J connectivity index is 2.13. The van der Waals surface area contributed by atoms with Gasteiger partial charge in [0.05, 0.1) is 6.10 Å². The van der Waals surface area contributed by atoms with Crippen LogP contribution >= 0.6 is 15.9 Å². The number of Topliss-reactive ketones (excluding diaryl/α,β-unsaturated/α-hetero) is 1. The lowest BCUT2D eigenvalue weighted by atomic mass is 9.96. The third-order valence-corrected chi connectivity index (χ3v) is 5.37. The van der Waals surface area contributed by atoms with Crippen LogP contribution in [-0.4, -0.2) is 41.0 Å². The highest BCUT2D eigenvalue weighted by Crippen LogP contribution is 2.26. The van der Waals surface area contributed by atoms with Gasteiger partial charge in [0.2, 0.25) is 0 Å². The van der Waals surface area contributed by atoms with Crippen molar-refractivity contribution in [3.05, 3.63) is 33.3 Å². The van der Waals surface area contributed by atoms with Gasteiger partial charge >= 0.3 is 0 Å². The summed E-state index contributed by atoms with van der Waals surface area (Å²) in [6.45, 7) is 7.74. The molecule has 0 spiro atoms. The van der Waals surface area contributed by atoms with Crippen LogP contribution in [0.1, 0.15) is 55.1 Å². The largest absolute Gasteiger partial charge is 0.391 e. The quantitative estimate of drug-likeness (QED) is 0.780. The fourth-order valence-electron chi connectivity index (χ4n) is 3.23. The van der Waals surface area contributed by atoms with E-state index in [1.54, 1.807) is 6.92 Å². The molecule has 2 atom stereocenters. The highest BCUT2D eigenvalue weighted by atomic mass is 79.9. The van der Waals surface area contributed by atoms with Crippen LogP contribution in [0.3, 0.4) is 0 Å². The molecule has 1 aliphatic rings. The van der Waals surface area contributed by atoms with E-state index in [1.165, 1.54) is 5.56 Å². The average molecular weight is 368 g/mol. The van der Waals surface area contributed by atoms with Crippen LogP contribution in [0.2, 0.25) is 0 Å². The predicted octanol–water partition coefficient (Wildman–Crippen LogP) is 3.60. The van der Waals surface area contributed by atoms with Crippen molar-refractivity contribution in [1.82, 2.24) is 4.90 Å². The van der Waals surface area contributed by atoms with Crippen LogP contribution in [0.15, 0.2) is 16.6 Å². The number of carbonyl (C=O) groups is 1. The lowest BCUT2D eigenvalue weighted by Crippen LogP contribution is -2.33. The van der Waals surface area contributed by atoms with Crippen molar-refractivity contribution in [3.8, 4) is 0 Å². The fourth-order valence-corrected chi connectivity index (χ4v) is 3.94. The second-order valence-corrected chi connectivity index (χ2v) is 7.15. The molecule has 0 radical (unpaired) electrons. The van der Waals surface area contributed by atoms with E-state index in [4.69, 9.17) is 0 Å². The van der Waals surface area contributed by atoms with Crippen molar-refractivity contribution in [1.29, 1.82) is 0 Å². The third-order valence-electron chi connectivity index (χ3n) is 4.67. The molecule has 3 nitrogen and oxygen atoms in total. The number of hydrogen-bond donors (Lipinski definition) is 1. The van der Waals surface area contributed by atoms with E-state index in [2.05, 4.69) is 46.8 Å². The van der Waals surface area contributed by atoms with E-state index < -0.39 is 0 Å². The molecule has 0 saturated carbocycles. The van der Waals surface area contributed by atoms with E-state index >= 15 is 0 Å². The molecule has 0 amide bonds. The number of rotatable bonds is 6. The molecule has 1 aromatic carbocycles. The smallest absolute Gasteiger partial charge is 0.160 e. The molecule has 1 N–H and O–H groups in total. The minimum atomic E-state index is -0.202. The monoisotopic (exact) mass is 367 g/mol. The first-order chi connectivity index (χ1) is 10.4. The molecule has 1 heterocycles. The van der Waals surface area contributed by atoms with Gasteiger partial charge in [-0.05, 0) is 56.4 Å². The Morgan fingerprint density at radius 2 is 2.14 bits per heavy atom. The normalized spacial score (nSPS) is 22.2. The van der Waals surface area contributed by atoms with Gasteiger partial charge in [0.25, 0.3) is 0 Å². The number of hydrogen-bond acceptors (Lipinski definition) is 3. The van der Waals surface area contributed by atoms with Gasteiger partial charge in [-0.15, -0.1) is 0 Å². The summed E-state index contributed by atoms with van der Waals surface area (Å²) in [6.07, 6.45) is 3.51. The van der Waals surface area contributed by atoms with Gasteiger partial charge in [0.15, 0.2) is 5.78 Å². The number of likely N-dealkylation sites (tertiary alicyclic amines) is 1. The van der Waals surface area contributed by atoms with Crippen molar-refractivity contribution < 1.29 is 9.90 Å². The molecule has 22 heavy (non-hydrogen) atoms. The van der Waals surface area contributed by atoms with Gasteiger partial charge in [-0.1, -0.05) is 29.3 Å². The van der Waals surface area contributed by atoms with E-state index in [-0.39, 0.29) is 17.9 Å². The zero-order valence-electron chi connectivity index (χ0n) is 13.7. The predicted molar refractivity (Wildman–Crippen MR) is 93.5 cm³/mol. The number of aliphatic hydroxyl groups is 1. The van der Waals surface area contributed by atoms with E-state index in [0.29, 0.717) is 0 Å². The summed E-state index contributed by atoms with van der Waals surface area (Å²) in [5.74, 6) is 0.135. The maximum Gasteiger partial charge on any atom is 0.160 e. The van der Waals surface area contributed by atoms with Crippen LogP contribution in [-0.2, 0) is 12.8 Å². The first-order valence-corrected chi connectivity index (χ1v) is 8.97. The van der Waals surface area contributed by atoms with Crippen LogP contribution in [0.25, 0.3) is 0 Å². The number of nitrogens with zero attached hydrogens (tertiary/aromatic N) is 1. The zero-order valence-corrected chi connectivity index (χ0v) is 15.3. The molecular weight excluding hydrogens is 342 g/mol. The van der Waals surface area contributed by atoms with Gasteiger partial charge in [-0.3, -0.25) is 9.69 Å². The second-order valence-electron chi connectivity index (χ2n) is 6.29. The SMILES string of the molecule is CCCc1c(Br)cc(CCN2CCC(O)C2C)cc1C(C)=O. The van der Waals surface area contributed by atoms with E-state index in [0.717, 1.165) is 54.4 Å². The molecule has 1 aliphatic heterocycles. The molecule has 4 heteroatoms. The van der Waals surface area contributed by atoms with Gasteiger partial charge in [-0.2, -0.15) is 0 Å². The van der Waals surface area contributed by atoms with Gasteiger partial charge in [0, 0.05) is 29.2 Å².